The molecule has 3 rings (SSSR count). The van der Waals surface area contributed by atoms with Gasteiger partial charge in [0.2, 0.25) is 0 Å². The maximum absolute atomic E-state index is 13.6. The molecular formula is C20H32FN3O3. The molecule has 2 aliphatic heterocycles. The molecule has 7 heteroatoms. The maximum Gasteiger partial charge on any atom is 0.165 e. The van der Waals surface area contributed by atoms with Gasteiger partial charge >= 0.3 is 0 Å². The van der Waals surface area contributed by atoms with Gasteiger partial charge < -0.3 is 19.5 Å². The minimum atomic E-state index is -0.309. The third kappa shape index (κ3) is 6.12. The van der Waals surface area contributed by atoms with Crippen LogP contribution in [0.2, 0.25) is 0 Å². The van der Waals surface area contributed by atoms with E-state index in [9.17, 15) is 4.39 Å². The number of piperazine rings is 1. The van der Waals surface area contributed by atoms with Crippen LogP contribution < -0.4 is 10.1 Å². The molecule has 6 nitrogen and oxygen atoms in total. The highest BCUT2D eigenvalue weighted by Gasteiger charge is 2.23. The highest BCUT2D eigenvalue weighted by molar-refractivity contribution is 5.30. The summed E-state index contributed by atoms with van der Waals surface area (Å²) < 4.78 is 29.6. The largest absolute Gasteiger partial charge is 0.494 e. The average Bonchev–Trinajstić information content (AvgIpc) is 2.69. The van der Waals surface area contributed by atoms with Gasteiger partial charge in [-0.25, -0.2) is 4.39 Å². The lowest BCUT2D eigenvalue weighted by Crippen LogP contribution is -2.54. The number of morpholine rings is 1. The molecule has 2 heterocycles. The van der Waals surface area contributed by atoms with Gasteiger partial charge in [0.15, 0.2) is 11.6 Å². The number of ether oxygens (including phenoxy) is 3. The molecule has 0 spiro atoms. The van der Waals surface area contributed by atoms with Crippen molar-refractivity contribution in [3.8, 4) is 5.75 Å². The zero-order valence-corrected chi connectivity index (χ0v) is 16.5. The predicted octanol–water partition coefficient (Wildman–Crippen LogP) is 0.998. The molecule has 152 valence electrons. The van der Waals surface area contributed by atoms with E-state index < -0.39 is 0 Å². The van der Waals surface area contributed by atoms with E-state index in [1.54, 1.807) is 13.2 Å². The van der Waals surface area contributed by atoms with Crippen LogP contribution in [0.25, 0.3) is 0 Å². The smallest absolute Gasteiger partial charge is 0.165 e. The Morgan fingerprint density at radius 1 is 1.19 bits per heavy atom. The van der Waals surface area contributed by atoms with Crippen molar-refractivity contribution in [1.29, 1.82) is 0 Å². The number of nitrogens with one attached hydrogen (secondary N) is 1. The normalized spacial score (nSPS) is 24.9. The van der Waals surface area contributed by atoms with Gasteiger partial charge in [-0.2, -0.15) is 0 Å². The van der Waals surface area contributed by atoms with Crippen molar-refractivity contribution in [3.05, 3.63) is 29.6 Å². The van der Waals surface area contributed by atoms with Crippen molar-refractivity contribution >= 4 is 0 Å². The first-order chi connectivity index (χ1) is 13.2. The van der Waals surface area contributed by atoms with E-state index >= 15 is 0 Å². The number of hydrogen-bond donors (Lipinski definition) is 1. The summed E-state index contributed by atoms with van der Waals surface area (Å²) in [5, 5.41) is 3.59. The summed E-state index contributed by atoms with van der Waals surface area (Å²) in [7, 11) is 3.23. The molecule has 2 atom stereocenters. The lowest BCUT2D eigenvalue weighted by atomic mass is 10.0. The van der Waals surface area contributed by atoms with E-state index in [-0.39, 0.29) is 11.9 Å². The number of benzene rings is 1. The molecule has 0 radical (unpaired) electrons. The minimum Gasteiger partial charge on any atom is -0.494 e. The zero-order chi connectivity index (χ0) is 19.1. The molecule has 0 bridgehead atoms. The summed E-state index contributed by atoms with van der Waals surface area (Å²) in [4.78, 5) is 4.98. The topological polar surface area (TPSA) is 46.2 Å². The number of rotatable bonds is 8. The molecule has 0 aliphatic carbocycles. The zero-order valence-electron chi connectivity index (χ0n) is 16.5. The van der Waals surface area contributed by atoms with E-state index in [0.29, 0.717) is 18.4 Å². The lowest BCUT2D eigenvalue weighted by molar-refractivity contribution is -0.0624. The van der Waals surface area contributed by atoms with Gasteiger partial charge in [0.1, 0.15) is 0 Å². The molecule has 1 aromatic rings. The third-order valence-corrected chi connectivity index (χ3v) is 5.35. The second-order valence-electron chi connectivity index (χ2n) is 7.37. The Kier molecular flexibility index (Phi) is 7.84. The molecule has 0 amide bonds. The van der Waals surface area contributed by atoms with Crippen LogP contribution in [0.3, 0.4) is 0 Å². The summed E-state index contributed by atoms with van der Waals surface area (Å²) in [6.07, 6.45) is 1.06. The van der Waals surface area contributed by atoms with Crippen LogP contribution in [0.15, 0.2) is 18.2 Å². The van der Waals surface area contributed by atoms with E-state index in [1.807, 2.05) is 6.07 Å². The molecule has 1 unspecified atom stereocenters. The highest BCUT2D eigenvalue weighted by Crippen LogP contribution is 2.19. The first kappa shape index (κ1) is 20.5. The van der Waals surface area contributed by atoms with E-state index in [0.717, 1.165) is 64.4 Å². The van der Waals surface area contributed by atoms with Gasteiger partial charge in [-0.15, -0.1) is 0 Å². The van der Waals surface area contributed by atoms with Crippen LogP contribution in [-0.2, 0) is 15.9 Å². The van der Waals surface area contributed by atoms with Crippen molar-refractivity contribution in [2.45, 2.75) is 18.6 Å². The molecular weight excluding hydrogens is 349 g/mol. The Morgan fingerprint density at radius 2 is 2.00 bits per heavy atom. The van der Waals surface area contributed by atoms with Gasteiger partial charge in [-0.1, -0.05) is 6.07 Å². The van der Waals surface area contributed by atoms with E-state index in [2.05, 4.69) is 15.1 Å². The van der Waals surface area contributed by atoms with Crippen molar-refractivity contribution in [3.63, 3.8) is 0 Å². The molecule has 2 fully saturated rings. The minimum absolute atomic E-state index is 0.188. The summed E-state index contributed by atoms with van der Waals surface area (Å²) in [6, 6.07) is 5.52. The van der Waals surface area contributed by atoms with Crippen LogP contribution >= 0.6 is 0 Å². The van der Waals surface area contributed by atoms with Crippen molar-refractivity contribution in [2.75, 3.05) is 73.2 Å². The van der Waals surface area contributed by atoms with Crippen LogP contribution in [0, 0.1) is 5.82 Å². The van der Waals surface area contributed by atoms with Crippen LogP contribution in [0.1, 0.15) is 5.56 Å². The van der Waals surface area contributed by atoms with Gasteiger partial charge in [-0.3, -0.25) is 9.80 Å². The van der Waals surface area contributed by atoms with Crippen LogP contribution in [-0.4, -0.2) is 95.2 Å². The van der Waals surface area contributed by atoms with Gasteiger partial charge in [-0.05, 0) is 24.1 Å². The fourth-order valence-electron chi connectivity index (χ4n) is 3.90. The number of methoxy groups -OCH3 is 2. The molecule has 0 saturated carbocycles. The second-order valence-corrected chi connectivity index (χ2v) is 7.37. The molecule has 0 aromatic heterocycles. The van der Waals surface area contributed by atoms with Crippen molar-refractivity contribution < 1.29 is 18.6 Å². The molecule has 1 N–H and O–H groups in total. The van der Waals surface area contributed by atoms with Gasteiger partial charge in [0.25, 0.3) is 0 Å². The summed E-state index contributed by atoms with van der Waals surface area (Å²) in [6.45, 7) is 8.55. The maximum atomic E-state index is 13.6. The number of halogens is 1. The SMILES string of the molecule is COC[C@H]1CN(CCN2CCNC(Cc3ccc(F)c(OC)c3)C2)CCO1. The fraction of sp³-hybridized carbons (Fsp3) is 0.700. The van der Waals surface area contributed by atoms with E-state index in [1.165, 1.54) is 13.2 Å². The van der Waals surface area contributed by atoms with E-state index in [4.69, 9.17) is 14.2 Å². The number of nitrogens with zero attached hydrogens (tertiary/aromatic N) is 2. The Bertz CT molecular complexity index is 588. The standard InChI is InChI=1S/C20H32FN3O3/c1-25-15-18-14-24(9-10-27-18)8-7-23-6-5-22-17(13-23)11-16-3-4-19(21)20(12-16)26-2/h3-4,12,17-18,22H,5-11,13-15H2,1-2H3/t17?,18-/m1/s1. The van der Waals surface area contributed by atoms with Gasteiger partial charge in [0, 0.05) is 59.0 Å². The molecule has 27 heavy (non-hydrogen) atoms. The first-order valence-corrected chi connectivity index (χ1v) is 9.79. The average molecular weight is 381 g/mol. The molecule has 1 aromatic carbocycles. The molecule has 2 aliphatic rings. The van der Waals surface area contributed by atoms with Crippen molar-refractivity contribution in [2.24, 2.45) is 0 Å². The first-order valence-electron chi connectivity index (χ1n) is 9.79. The Morgan fingerprint density at radius 3 is 2.78 bits per heavy atom. The lowest BCUT2D eigenvalue weighted by Gasteiger charge is -2.37. The highest BCUT2D eigenvalue weighted by atomic mass is 19.1. The van der Waals surface area contributed by atoms with Crippen molar-refractivity contribution in [1.82, 2.24) is 15.1 Å². The van der Waals surface area contributed by atoms with Crippen LogP contribution in [0.5, 0.6) is 5.75 Å². The quantitative estimate of drug-likeness (QED) is 0.725. The monoisotopic (exact) mass is 381 g/mol. The summed E-state index contributed by atoms with van der Waals surface area (Å²) >= 11 is 0. The Balaban J connectivity index is 1.45. The number of hydrogen-bond acceptors (Lipinski definition) is 6. The summed E-state index contributed by atoms with van der Waals surface area (Å²) in [5.74, 6) is 0.00913. The third-order valence-electron chi connectivity index (χ3n) is 5.35. The second kappa shape index (κ2) is 10.3. The predicted molar refractivity (Wildman–Crippen MR) is 103 cm³/mol. The fourth-order valence-corrected chi connectivity index (χ4v) is 3.90. The Hall–Kier alpha value is -1.25. The molecule has 2 saturated heterocycles. The summed E-state index contributed by atoms with van der Waals surface area (Å²) in [5.41, 5.74) is 1.10. The van der Waals surface area contributed by atoms with Crippen LogP contribution in [0.4, 0.5) is 4.39 Å². The Labute approximate surface area is 161 Å². The van der Waals surface area contributed by atoms with Gasteiger partial charge in [0.05, 0.1) is 26.4 Å².